The van der Waals surface area contributed by atoms with Gasteiger partial charge in [0.25, 0.3) is 0 Å². The van der Waals surface area contributed by atoms with Crippen LogP contribution in [0.2, 0.25) is 0 Å². The molecule has 0 saturated carbocycles. The predicted molar refractivity (Wildman–Crippen MR) is 117 cm³/mol. The van der Waals surface area contributed by atoms with Gasteiger partial charge < -0.3 is 14.8 Å². The first kappa shape index (κ1) is 21.6. The lowest BCUT2D eigenvalue weighted by Crippen LogP contribution is -2.07. The molecule has 2 aromatic carbocycles. The highest BCUT2D eigenvalue weighted by molar-refractivity contribution is 9.10. The van der Waals surface area contributed by atoms with Gasteiger partial charge in [-0.2, -0.15) is 5.10 Å². The zero-order chi connectivity index (χ0) is 21.5. The fourth-order valence-electron chi connectivity index (χ4n) is 2.80. The number of ether oxygens (including phenoxy) is 2. The Morgan fingerprint density at radius 3 is 2.73 bits per heavy atom. The smallest absolute Gasteiger partial charge is 0.248 e. The van der Waals surface area contributed by atoms with Gasteiger partial charge >= 0.3 is 0 Å². The van der Waals surface area contributed by atoms with Crippen LogP contribution in [-0.2, 0) is 17.8 Å². The zero-order valence-electron chi connectivity index (χ0n) is 16.6. The van der Waals surface area contributed by atoms with E-state index in [1.165, 1.54) is 12.1 Å². The van der Waals surface area contributed by atoms with Crippen molar-refractivity contribution in [3.8, 4) is 11.5 Å². The summed E-state index contributed by atoms with van der Waals surface area (Å²) in [5.74, 6) is 0.724. The second-order valence-electron chi connectivity index (χ2n) is 6.43. The highest BCUT2D eigenvalue weighted by Gasteiger charge is 2.06. The molecule has 0 fully saturated rings. The Bertz CT molecular complexity index is 1070. The van der Waals surface area contributed by atoms with Gasteiger partial charge in [-0.15, -0.1) is 0 Å². The molecule has 0 spiro atoms. The van der Waals surface area contributed by atoms with Crippen LogP contribution in [0.5, 0.6) is 11.5 Å². The van der Waals surface area contributed by atoms with E-state index in [1.54, 1.807) is 49.5 Å². The van der Waals surface area contributed by atoms with E-state index in [9.17, 15) is 9.18 Å². The van der Waals surface area contributed by atoms with Crippen molar-refractivity contribution < 1.29 is 18.7 Å². The molecule has 3 aromatic rings. The van der Waals surface area contributed by atoms with Crippen molar-refractivity contribution in [1.82, 2.24) is 9.78 Å². The number of halogens is 2. The van der Waals surface area contributed by atoms with Crippen molar-refractivity contribution in [1.29, 1.82) is 0 Å². The van der Waals surface area contributed by atoms with Gasteiger partial charge in [-0.25, -0.2) is 4.39 Å². The Balaban J connectivity index is 1.55. The molecule has 8 heteroatoms. The summed E-state index contributed by atoms with van der Waals surface area (Å²) in [6.07, 6.45) is 7.10. The Labute approximate surface area is 182 Å². The number of hydrogen-bond donors (Lipinski definition) is 1. The minimum atomic E-state index is -0.350. The average Bonchev–Trinajstić information content (AvgIpc) is 3.20. The van der Waals surface area contributed by atoms with Crippen LogP contribution in [0.1, 0.15) is 11.1 Å². The summed E-state index contributed by atoms with van der Waals surface area (Å²) in [7, 11) is 3.21. The lowest BCUT2D eigenvalue weighted by atomic mass is 10.1. The first-order valence-electron chi connectivity index (χ1n) is 9.16. The molecule has 0 aliphatic heterocycles. The third-order valence-corrected chi connectivity index (χ3v) is 4.96. The first-order chi connectivity index (χ1) is 14.5. The van der Waals surface area contributed by atoms with Gasteiger partial charge in [-0.1, -0.05) is 12.1 Å². The van der Waals surface area contributed by atoms with Crippen LogP contribution in [0.3, 0.4) is 0 Å². The molecule has 0 atom stereocenters. The summed E-state index contributed by atoms with van der Waals surface area (Å²) in [6, 6.07) is 10.3. The minimum Gasteiger partial charge on any atom is -0.493 e. The molecule has 1 heterocycles. The molecule has 0 aliphatic rings. The summed E-state index contributed by atoms with van der Waals surface area (Å²) in [5.41, 5.74) is 2.39. The van der Waals surface area contributed by atoms with Gasteiger partial charge in [0.2, 0.25) is 5.91 Å². The van der Waals surface area contributed by atoms with Crippen molar-refractivity contribution in [2.45, 2.75) is 13.0 Å². The second kappa shape index (κ2) is 10.1. The number of carbonyl (C=O) groups is 1. The van der Waals surface area contributed by atoms with Gasteiger partial charge in [0.15, 0.2) is 11.5 Å². The van der Waals surface area contributed by atoms with Gasteiger partial charge in [-0.05, 0) is 63.8 Å². The largest absolute Gasteiger partial charge is 0.493 e. The van der Waals surface area contributed by atoms with E-state index in [4.69, 9.17) is 9.47 Å². The van der Waals surface area contributed by atoms with Crippen LogP contribution in [0.15, 0.2) is 59.3 Å². The molecule has 1 aromatic heterocycles. The van der Waals surface area contributed by atoms with Crippen molar-refractivity contribution in [2.24, 2.45) is 0 Å². The SMILES string of the molecule is COc1ccc(CCn2cc(NC(=O)/C=C/c3ccc(F)c(Br)c3)cn2)cc1OC. The molecule has 3 rings (SSSR count). The Morgan fingerprint density at radius 2 is 2.00 bits per heavy atom. The summed E-state index contributed by atoms with van der Waals surface area (Å²) < 4.78 is 25.9. The van der Waals surface area contributed by atoms with E-state index in [1.807, 2.05) is 18.2 Å². The number of methoxy groups -OCH3 is 2. The van der Waals surface area contributed by atoms with Crippen LogP contribution in [0.25, 0.3) is 6.08 Å². The molecule has 1 N–H and O–H groups in total. The molecular weight excluding hydrogens is 453 g/mol. The Kier molecular flexibility index (Phi) is 7.24. The molecule has 6 nitrogen and oxygen atoms in total. The lowest BCUT2D eigenvalue weighted by molar-refractivity contribution is -0.111. The molecule has 156 valence electrons. The fourth-order valence-corrected chi connectivity index (χ4v) is 3.20. The summed E-state index contributed by atoms with van der Waals surface area (Å²) in [5, 5.41) is 7.03. The second-order valence-corrected chi connectivity index (χ2v) is 7.28. The average molecular weight is 474 g/mol. The van der Waals surface area contributed by atoms with Crippen molar-refractivity contribution >= 4 is 33.6 Å². The van der Waals surface area contributed by atoms with Gasteiger partial charge in [0, 0.05) is 18.8 Å². The van der Waals surface area contributed by atoms with Crippen LogP contribution in [0.4, 0.5) is 10.1 Å². The highest BCUT2D eigenvalue weighted by atomic mass is 79.9. The molecule has 0 saturated heterocycles. The number of anilines is 1. The van der Waals surface area contributed by atoms with Gasteiger partial charge in [-0.3, -0.25) is 9.48 Å². The van der Waals surface area contributed by atoms with Crippen LogP contribution < -0.4 is 14.8 Å². The van der Waals surface area contributed by atoms with Crippen molar-refractivity contribution in [3.05, 3.63) is 76.3 Å². The number of nitrogens with zero attached hydrogens (tertiary/aromatic N) is 2. The maximum Gasteiger partial charge on any atom is 0.248 e. The number of amides is 1. The van der Waals surface area contributed by atoms with E-state index >= 15 is 0 Å². The number of nitrogens with one attached hydrogen (secondary N) is 1. The zero-order valence-corrected chi connectivity index (χ0v) is 18.1. The third-order valence-electron chi connectivity index (χ3n) is 4.35. The summed E-state index contributed by atoms with van der Waals surface area (Å²) in [6.45, 7) is 0.644. The van der Waals surface area contributed by atoms with E-state index in [2.05, 4.69) is 26.3 Å². The van der Waals surface area contributed by atoms with Crippen LogP contribution >= 0.6 is 15.9 Å². The van der Waals surface area contributed by atoms with Gasteiger partial charge in [0.05, 0.1) is 30.6 Å². The third kappa shape index (κ3) is 5.70. The normalized spacial score (nSPS) is 10.9. The first-order valence-corrected chi connectivity index (χ1v) is 9.95. The van der Waals surface area contributed by atoms with E-state index in [-0.39, 0.29) is 11.7 Å². The van der Waals surface area contributed by atoms with E-state index < -0.39 is 0 Å². The monoisotopic (exact) mass is 473 g/mol. The number of benzene rings is 2. The standard InChI is InChI=1S/C22H21BrFN3O3/c1-29-20-7-4-16(12-21(20)30-2)9-10-27-14-17(13-25-27)26-22(28)8-5-15-3-6-19(24)18(23)11-15/h3-8,11-14H,9-10H2,1-2H3,(H,26,28)/b8-5+. The topological polar surface area (TPSA) is 65.4 Å². The maximum atomic E-state index is 13.3. The molecule has 0 aliphatic carbocycles. The van der Waals surface area contributed by atoms with Crippen molar-refractivity contribution in [3.63, 3.8) is 0 Å². The molecule has 0 bridgehead atoms. The predicted octanol–water partition coefficient (Wildman–Crippen LogP) is 4.70. The van der Waals surface area contributed by atoms with Crippen LogP contribution in [0, 0.1) is 5.82 Å². The molecular formula is C22H21BrFN3O3. The quantitative estimate of drug-likeness (QED) is 0.481. The molecule has 1 amide bonds. The molecule has 0 radical (unpaired) electrons. The molecule has 30 heavy (non-hydrogen) atoms. The number of carbonyl (C=O) groups excluding carboxylic acids is 1. The fraction of sp³-hybridized carbons (Fsp3) is 0.182. The summed E-state index contributed by atoms with van der Waals surface area (Å²) in [4.78, 5) is 12.1. The lowest BCUT2D eigenvalue weighted by Gasteiger charge is -2.09. The van der Waals surface area contributed by atoms with E-state index in [0.717, 1.165) is 12.0 Å². The number of rotatable bonds is 8. The maximum absolute atomic E-state index is 13.3. The molecule has 0 unspecified atom stereocenters. The number of aryl methyl sites for hydroxylation is 2. The Morgan fingerprint density at radius 1 is 1.20 bits per heavy atom. The highest BCUT2D eigenvalue weighted by Crippen LogP contribution is 2.27. The van der Waals surface area contributed by atoms with E-state index in [0.29, 0.717) is 33.8 Å². The van der Waals surface area contributed by atoms with Gasteiger partial charge in [0.1, 0.15) is 5.82 Å². The van der Waals surface area contributed by atoms with Crippen molar-refractivity contribution in [2.75, 3.05) is 19.5 Å². The van der Waals surface area contributed by atoms with Crippen LogP contribution in [-0.4, -0.2) is 29.9 Å². The number of aromatic nitrogens is 2. The number of hydrogen-bond acceptors (Lipinski definition) is 4. The summed E-state index contributed by atoms with van der Waals surface area (Å²) >= 11 is 3.12. The Hall–Kier alpha value is -3.13. The minimum absolute atomic E-state index is 0.296.